The molecule has 1 aliphatic carbocycles. The number of hydrogen-bond donors (Lipinski definition) is 1. The Kier molecular flexibility index (Phi) is 4.58. The van der Waals surface area contributed by atoms with Gasteiger partial charge in [0.05, 0.1) is 24.1 Å². The van der Waals surface area contributed by atoms with Gasteiger partial charge >= 0.3 is 0 Å². The summed E-state index contributed by atoms with van der Waals surface area (Å²) >= 11 is 0. The molecule has 1 aromatic carbocycles. The van der Waals surface area contributed by atoms with Crippen LogP contribution in [0.25, 0.3) is 5.95 Å². The van der Waals surface area contributed by atoms with Crippen molar-refractivity contribution in [2.45, 2.75) is 33.6 Å². The average molecular weight is 377 g/mol. The number of benzene rings is 1. The third-order valence-electron chi connectivity index (χ3n) is 4.86. The van der Waals surface area contributed by atoms with E-state index in [9.17, 15) is 4.79 Å². The number of ketones is 1. The number of Topliss-reactive ketones (excluding diaryl/α,β-unsaturated/α-hetero) is 1. The Hall–Kier alpha value is -3.22. The number of carbonyl (C=O) groups excluding carboxylic acids is 1. The Morgan fingerprint density at radius 2 is 1.86 bits per heavy atom. The number of ether oxygens (including phenoxy) is 1. The zero-order valence-electron chi connectivity index (χ0n) is 16.5. The second-order valence-electron chi connectivity index (χ2n) is 7.29. The van der Waals surface area contributed by atoms with Gasteiger partial charge in [-0.05, 0) is 44.4 Å². The maximum Gasteiger partial charge on any atom is 0.251 e. The molecule has 0 spiro atoms. The molecule has 0 saturated carbocycles. The Balaban J connectivity index is 1.87. The van der Waals surface area contributed by atoms with Gasteiger partial charge in [0, 0.05) is 17.8 Å². The largest absolute Gasteiger partial charge is 0.495 e. The standard InChI is InChI=1S/C21H23N5O2/c1-12-9-16-19(17(27)10-12)20(24-15-7-5-6-8-18(15)28-4)25-26(16)21-22-13(2)11-14(3)23-21/h5-8,11-12H,9-10H2,1-4H3,(H,24,25). The number of methoxy groups -OCH3 is 1. The normalized spacial score (nSPS) is 16.0. The average Bonchev–Trinajstić information content (AvgIpc) is 3.00. The third kappa shape index (κ3) is 3.24. The van der Waals surface area contributed by atoms with Gasteiger partial charge in [0.15, 0.2) is 11.6 Å². The van der Waals surface area contributed by atoms with Gasteiger partial charge in [-0.15, -0.1) is 5.10 Å². The lowest BCUT2D eigenvalue weighted by molar-refractivity contribution is 0.0953. The second-order valence-corrected chi connectivity index (χ2v) is 7.29. The van der Waals surface area contributed by atoms with E-state index in [0.717, 1.165) is 29.2 Å². The summed E-state index contributed by atoms with van der Waals surface area (Å²) in [6, 6.07) is 9.48. The van der Waals surface area contributed by atoms with Gasteiger partial charge in [-0.25, -0.2) is 14.6 Å². The van der Waals surface area contributed by atoms with Crippen molar-refractivity contribution in [1.82, 2.24) is 19.7 Å². The number of nitrogens with one attached hydrogen (secondary N) is 1. The van der Waals surface area contributed by atoms with Gasteiger partial charge in [-0.3, -0.25) is 4.79 Å². The molecule has 0 bridgehead atoms. The number of anilines is 2. The number of carbonyl (C=O) groups is 1. The molecule has 0 aliphatic heterocycles. The van der Waals surface area contributed by atoms with Crippen LogP contribution in [0.15, 0.2) is 30.3 Å². The van der Waals surface area contributed by atoms with Gasteiger partial charge in [0.25, 0.3) is 5.95 Å². The summed E-state index contributed by atoms with van der Waals surface area (Å²) in [6.07, 6.45) is 1.25. The SMILES string of the molecule is COc1ccccc1Nc1nn(-c2nc(C)cc(C)n2)c2c1C(=O)CC(C)C2. The van der Waals surface area contributed by atoms with Crippen LogP contribution in [0.3, 0.4) is 0 Å². The fraction of sp³-hybridized carbons (Fsp3) is 0.333. The summed E-state index contributed by atoms with van der Waals surface area (Å²) in [5.41, 5.74) is 3.95. The smallest absolute Gasteiger partial charge is 0.251 e. The van der Waals surface area contributed by atoms with Crippen LogP contribution in [-0.2, 0) is 6.42 Å². The fourth-order valence-corrected chi connectivity index (χ4v) is 3.69. The molecular weight excluding hydrogens is 354 g/mol. The van der Waals surface area contributed by atoms with Crippen LogP contribution in [0.4, 0.5) is 11.5 Å². The zero-order valence-corrected chi connectivity index (χ0v) is 16.5. The Morgan fingerprint density at radius 1 is 1.14 bits per heavy atom. The van der Waals surface area contributed by atoms with E-state index in [0.29, 0.717) is 29.5 Å². The van der Waals surface area contributed by atoms with Crippen LogP contribution in [0, 0.1) is 19.8 Å². The van der Waals surface area contributed by atoms with Crippen LogP contribution in [0.2, 0.25) is 0 Å². The highest BCUT2D eigenvalue weighted by Crippen LogP contribution is 2.35. The maximum absolute atomic E-state index is 12.9. The number of aromatic nitrogens is 4. The third-order valence-corrected chi connectivity index (χ3v) is 4.86. The number of aryl methyl sites for hydroxylation is 2. The molecule has 144 valence electrons. The van der Waals surface area contributed by atoms with E-state index >= 15 is 0 Å². The van der Waals surface area contributed by atoms with Gasteiger partial charge < -0.3 is 10.1 Å². The quantitative estimate of drug-likeness (QED) is 0.745. The maximum atomic E-state index is 12.9. The minimum atomic E-state index is 0.0850. The number of nitrogens with zero attached hydrogens (tertiary/aromatic N) is 4. The van der Waals surface area contributed by atoms with Crippen molar-refractivity contribution < 1.29 is 9.53 Å². The molecule has 1 unspecified atom stereocenters. The first-order chi connectivity index (χ1) is 13.5. The highest BCUT2D eigenvalue weighted by molar-refractivity contribution is 6.03. The molecule has 7 nitrogen and oxygen atoms in total. The molecule has 1 N–H and O–H groups in total. The van der Waals surface area contributed by atoms with Gasteiger partial charge in [0.1, 0.15) is 5.75 Å². The first kappa shape index (κ1) is 18.2. The number of fused-ring (bicyclic) bond motifs is 1. The minimum absolute atomic E-state index is 0.0850. The summed E-state index contributed by atoms with van der Waals surface area (Å²) in [7, 11) is 1.62. The van der Waals surface area contributed by atoms with Crippen LogP contribution < -0.4 is 10.1 Å². The molecule has 0 amide bonds. The molecular formula is C21H23N5O2. The van der Waals surface area contributed by atoms with E-state index in [1.54, 1.807) is 11.8 Å². The predicted molar refractivity (Wildman–Crippen MR) is 107 cm³/mol. The molecule has 3 aromatic rings. The summed E-state index contributed by atoms with van der Waals surface area (Å²) in [5, 5.41) is 7.99. The van der Waals surface area contributed by atoms with Crippen molar-refractivity contribution in [2.75, 3.05) is 12.4 Å². The van der Waals surface area contributed by atoms with Gasteiger partial charge in [0.2, 0.25) is 0 Å². The Bertz CT molecular complexity index is 1040. The van der Waals surface area contributed by atoms with E-state index in [1.165, 1.54) is 0 Å². The Morgan fingerprint density at radius 3 is 2.57 bits per heavy atom. The minimum Gasteiger partial charge on any atom is -0.495 e. The summed E-state index contributed by atoms with van der Waals surface area (Å²) in [4.78, 5) is 22.0. The molecule has 0 fully saturated rings. The summed E-state index contributed by atoms with van der Waals surface area (Å²) in [5.74, 6) is 2.02. The van der Waals surface area contributed by atoms with E-state index in [-0.39, 0.29) is 11.7 Å². The van der Waals surface area contributed by atoms with Crippen LogP contribution in [-0.4, -0.2) is 32.6 Å². The van der Waals surface area contributed by atoms with E-state index in [1.807, 2.05) is 44.2 Å². The van der Waals surface area contributed by atoms with E-state index in [4.69, 9.17) is 9.84 Å². The first-order valence-corrected chi connectivity index (χ1v) is 9.34. The van der Waals surface area contributed by atoms with Crippen molar-refractivity contribution in [3.05, 3.63) is 53.0 Å². The van der Waals surface area contributed by atoms with Crippen LogP contribution in [0.5, 0.6) is 5.75 Å². The molecule has 2 heterocycles. The monoisotopic (exact) mass is 377 g/mol. The molecule has 1 atom stereocenters. The van der Waals surface area contributed by atoms with Crippen molar-refractivity contribution in [2.24, 2.45) is 5.92 Å². The van der Waals surface area contributed by atoms with E-state index < -0.39 is 0 Å². The lowest BCUT2D eigenvalue weighted by atomic mass is 9.88. The summed E-state index contributed by atoms with van der Waals surface area (Å²) < 4.78 is 7.13. The van der Waals surface area contributed by atoms with E-state index in [2.05, 4.69) is 22.2 Å². The summed E-state index contributed by atoms with van der Waals surface area (Å²) in [6.45, 7) is 5.93. The lowest BCUT2D eigenvalue weighted by Gasteiger charge is -2.19. The van der Waals surface area contributed by atoms with Crippen molar-refractivity contribution in [3.63, 3.8) is 0 Å². The second kappa shape index (κ2) is 7.07. The molecule has 28 heavy (non-hydrogen) atoms. The Labute approximate surface area is 163 Å². The zero-order chi connectivity index (χ0) is 19.8. The predicted octanol–water partition coefficient (Wildman–Crippen LogP) is 3.80. The van der Waals surface area contributed by atoms with Crippen molar-refractivity contribution >= 4 is 17.3 Å². The molecule has 4 rings (SSSR count). The first-order valence-electron chi connectivity index (χ1n) is 9.34. The fourth-order valence-electron chi connectivity index (χ4n) is 3.69. The van der Waals surface area contributed by atoms with Crippen LogP contribution in [0.1, 0.15) is 40.8 Å². The number of para-hydroxylation sites is 2. The van der Waals surface area contributed by atoms with Crippen LogP contribution >= 0.6 is 0 Å². The molecule has 0 radical (unpaired) electrons. The van der Waals surface area contributed by atoms with Crippen molar-refractivity contribution in [3.8, 4) is 11.7 Å². The topological polar surface area (TPSA) is 81.9 Å². The number of rotatable bonds is 4. The molecule has 2 aromatic heterocycles. The molecule has 0 saturated heterocycles. The lowest BCUT2D eigenvalue weighted by Crippen LogP contribution is -2.20. The molecule has 1 aliphatic rings. The van der Waals surface area contributed by atoms with Crippen molar-refractivity contribution in [1.29, 1.82) is 0 Å². The highest BCUT2D eigenvalue weighted by Gasteiger charge is 2.32. The van der Waals surface area contributed by atoms with Gasteiger partial charge in [-0.1, -0.05) is 19.1 Å². The molecule has 7 heteroatoms. The highest BCUT2D eigenvalue weighted by atomic mass is 16.5. The van der Waals surface area contributed by atoms with Gasteiger partial charge in [-0.2, -0.15) is 0 Å². The number of hydrogen-bond acceptors (Lipinski definition) is 6.